The first-order chi connectivity index (χ1) is 6.19. The summed E-state index contributed by atoms with van der Waals surface area (Å²) in [5.74, 6) is 0.263. The van der Waals surface area contributed by atoms with Crippen LogP contribution in [0.5, 0.6) is 0 Å². The second-order valence-electron chi connectivity index (χ2n) is 3.41. The van der Waals surface area contributed by atoms with Gasteiger partial charge in [0, 0.05) is 23.9 Å². The largest absolute Gasteiger partial charge is 0.342 e. The third-order valence-corrected chi connectivity index (χ3v) is 2.42. The Morgan fingerprint density at radius 3 is 2.85 bits per heavy atom. The average molecular weight is 182 g/mol. The van der Waals surface area contributed by atoms with Crippen molar-refractivity contribution < 1.29 is 4.79 Å². The zero-order valence-corrected chi connectivity index (χ0v) is 7.97. The molecule has 1 rings (SSSR count). The SMILES string of the molecule is CC[C@@H](C)C(=O)N1CC(N=[N+]=[N-])C1. The Morgan fingerprint density at radius 2 is 2.38 bits per heavy atom. The first-order valence-electron chi connectivity index (χ1n) is 4.52. The van der Waals surface area contributed by atoms with Crippen LogP contribution in [0.1, 0.15) is 20.3 Å². The van der Waals surface area contributed by atoms with E-state index in [-0.39, 0.29) is 17.9 Å². The van der Waals surface area contributed by atoms with E-state index in [0.29, 0.717) is 13.1 Å². The molecule has 1 fully saturated rings. The van der Waals surface area contributed by atoms with Crippen molar-refractivity contribution in [2.45, 2.75) is 26.3 Å². The molecule has 0 unspecified atom stereocenters. The minimum Gasteiger partial charge on any atom is -0.342 e. The summed E-state index contributed by atoms with van der Waals surface area (Å²) in [7, 11) is 0. The predicted molar refractivity (Wildman–Crippen MR) is 49.0 cm³/mol. The summed E-state index contributed by atoms with van der Waals surface area (Å²) < 4.78 is 0. The highest BCUT2D eigenvalue weighted by molar-refractivity contribution is 5.79. The zero-order chi connectivity index (χ0) is 9.84. The molecular weight excluding hydrogens is 168 g/mol. The number of carbonyl (C=O) groups is 1. The average Bonchev–Trinajstić information content (AvgIpc) is 2.08. The lowest BCUT2D eigenvalue weighted by Gasteiger charge is -2.38. The molecular formula is C8H14N4O. The third kappa shape index (κ3) is 2.12. The van der Waals surface area contributed by atoms with E-state index in [1.54, 1.807) is 4.90 Å². The summed E-state index contributed by atoms with van der Waals surface area (Å²) in [6, 6.07) is -0.00185. The predicted octanol–water partition coefficient (Wildman–Crippen LogP) is 1.55. The highest BCUT2D eigenvalue weighted by atomic mass is 16.2. The van der Waals surface area contributed by atoms with Gasteiger partial charge in [0.05, 0.1) is 6.04 Å². The van der Waals surface area contributed by atoms with E-state index in [4.69, 9.17) is 5.53 Å². The Kier molecular flexibility index (Phi) is 3.14. The molecule has 0 N–H and O–H groups in total. The van der Waals surface area contributed by atoms with Crippen LogP contribution in [0.3, 0.4) is 0 Å². The lowest BCUT2D eigenvalue weighted by molar-refractivity contribution is -0.139. The van der Waals surface area contributed by atoms with Crippen molar-refractivity contribution in [2.75, 3.05) is 13.1 Å². The summed E-state index contributed by atoms with van der Waals surface area (Å²) >= 11 is 0. The lowest BCUT2D eigenvalue weighted by atomic mass is 10.0. The normalized spacial score (nSPS) is 18.8. The minimum atomic E-state index is -0.00185. The van der Waals surface area contributed by atoms with Gasteiger partial charge in [-0.05, 0) is 12.0 Å². The van der Waals surface area contributed by atoms with Crippen LogP contribution in [-0.4, -0.2) is 29.9 Å². The highest BCUT2D eigenvalue weighted by Gasteiger charge is 2.31. The maximum Gasteiger partial charge on any atom is 0.225 e. The molecule has 1 saturated heterocycles. The first kappa shape index (κ1) is 9.86. The van der Waals surface area contributed by atoms with Crippen molar-refractivity contribution in [3.8, 4) is 0 Å². The van der Waals surface area contributed by atoms with Crippen molar-refractivity contribution in [1.82, 2.24) is 4.90 Å². The van der Waals surface area contributed by atoms with E-state index in [1.165, 1.54) is 0 Å². The van der Waals surface area contributed by atoms with Crippen molar-refractivity contribution in [2.24, 2.45) is 11.0 Å². The number of hydrogen-bond acceptors (Lipinski definition) is 2. The number of hydrogen-bond donors (Lipinski definition) is 0. The van der Waals surface area contributed by atoms with Gasteiger partial charge in [-0.2, -0.15) is 0 Å². The molecule has 0 aromatic carbocycles. The van der Waals surface area contributed by atoms with E-state index >= 15 is 0 Å². The number of amides is 1. The number of azide groups is 1. The first-order valence-corrected chi connectivity index (χ1v) is 4.52. The van der Waals surface area contributed by atoms with Gasteiger partial charge in [-0.25, -0.2) is 0 Å². The van der Waals surface area contributed by atoms with E-state index in [1.807, 2.05) is 13.8 Å². The van der Waals surface area contributed by atoms with Gasteiger partial charge in [-0.15, -0.1) is 0 Å². The summed E-state index contributed by atoms with van der Waals surface area (Å²) in [6.45, 7) is 5.09. The molecule has 0 aromatic heterocycles. The van der Waals surface area contributed by atoms with Gasteiger partial charge in [0.2, 0.25) is 5.91 Å². The van der Waals surface area contributed by atoms with Crippen LogP contribution in [0.4, 0.5) is 0 Å². The van der Waals surface area contributed by atoms with Gasteiger partial charge < -0.3 is 4.90 Å². The molecule has 72 valence electrons. The number of carbonyl (C=O) groups excluding carboxylic acids is 1. The molecule has 1 aliphatic rings. The Morgan fingerprint density at radius 1 is 1.77 bits per heavy atom. The summed E-state index contributed by atoms with van der Waals surface area (Å²) in [4.78, 5) is 15.9. The zero-order valence-electron chi connectivity index (χ0n) is 7.97. The molecule has 1 atom stereocenters. The Labute approximate surface area is 77.3 Å². The highest BCUT2D eigenvalue weighted by Crippen LogP contribution is 2.16. The quantitative estimate of drug-likeness (QED) is 0.371. The standard InChI is InChI=1S/C8H14N4O/c1-3-6(2)8(13)12-4-7(5-12)10-11-9/h6-7H,3-5H2,1-2H3/t6-/m1/s1. The molecule has 5 nitrogen and oxygen atoms in total. The van der Waals surface area contributed by atoms with Crippen molar-refractivity contribution in [3.63, 3.8) is 0 Å². The summed E-state index contributed by atoms with van der Waals surface area (Å²) in [6.07, 6.45) is 0.863. The molecule has 0 saturated carbocycles. The van der Waals surface area contributed by atoms with Gasteiger partial charge in [0.1, 0.15) is 0 Å². The molecule has 1 heterocycles. The minimum absolute atomic E-state index is 0.00185. The Bertz CT molecular complexity index is 241. The van der Waals surface area contributed by atoms with Crippen LogP contribution < -0.4 is 0 Å². The monoisotopic (exact) mass is 182 g/mol. The Hall–Kier alpha value is -1.22. The van der Waals surface area contributed by atoms with Gasteiger partial charge in [-0.1, -0.05) is 19.0 Å². The van der Waals surface area contributed by atoms with Crippen LogP contribution in [-0.2, 0) is 4.79 Å². The Balaban J connectivity index is 2.34. The second-order valence-corrected chi connectivity index (χ2v) is 3.41. The fraction of sp³-hybridized carbons (Fsp3) is 0.875. The summed E-state index contributed by atoms with van der Waals surface area (Å²) in [5, 5.41) is 3.53. The third-order valence-electron chi connectivity index (χ3n) is 2.42. The topological polar surface area (TPSA) is 69.1 Å². The van der Waals surface area contributed by atoms with E-state index < -0.39 is 0 Å². The molecule has 0 bridgehead atoms. The molecule has 0 aliphatic carbocycles. The molecule has 0 aromatic rings. The molecule has 1 aliphatic heterocycles. The van der Waals surface area contributed by atoms with E-state index in [0.717, 1.165) is 6.42 Å². The van der Waals surface area contributed by atoms with Crippen LogP contribution in [0.2, 0.25) is 0 Å². The maximum absolute atomic E-state index is 11.5. The van der Waals surface area contributed by atoms with Gasteiger partial charge in [0.15, 0.2) is 0 Å². The molecule has 0 radical (unpaired) electrons. The molecule has 13 heavy (non-hydrogen) atoms. The summed E-state index contributed by atoms with van der Waals surface area (Å²) in [5.41, 5.74) is 8.14. The fourth-order valence-corrected chi connectivity index (χ4v) is 1.27. The van der Waals surface area contributed by atoms with Crippen LogP contribution in [0.25, 0.3) is 10.4 Å². The smallest absolute Gasteiger partial charge is 0.225 e. The number of nitrogens with zero attached hydrogens (tertiary/aromatic N) is 4. The number of rotatable bonds is 3. The molecule has 5 heteroatoms. The van der Waals surface area contributed by atoms with Gasteiger partial charge in [0.25, 0.3) is 0 Å². The lowest BCUT2D eigenvalue weighted by Crippen LogP contribution is -2.54. The van der Waals surface area contributed by atoms with Crippen LogP contribution in [0.15, 0.2) is 5.11 Å². The maximum atomic E-state index is 11.5. The second kappa shape index (κ2) is 4.14. The number of likely N-dealkylation sites (tertiary alicyclic amines) is 1. The van der Waals surface area contributed by atoms with Gasteiger partial charge in [-0.3, -0.25) is 4.79 Å². The fourth-order valence-electron chi connectivity index (χ4n) is 1.27. The molecule has 0 spiro atoms. The van der Waals surface area contributed by atoms with Crippen LogP contribution >= 0.6 is 0 Å². The van der Waals surface area contributed by atoms with Crippen LogP contribution in [0, 0.1) is 5.92 Å². The van der Waals surface area contributed by atoms with Crippen molar-refractivity contribution >= 4 is 5.91 Å². The van der Waals surface area contributed by atoms with E-state index in [9.17, 15) is 4.79 Å². The van der Waals surface area contributed by atoms with E-state index in [2.05, 4.69) is 10.0 Å². The molecule has 1 amide bonds. The van der Waals surface area contributed by atoms with Gasteiger partial charge >= 0.3 is 0 Å². The van der Waals surface area contributed by atoms with Crippen molar-refractivity contribution in [1.29, 1.82) is 0 Å². The van der Waals surface area contributed by atoms with Crippen molar-refractivity contribution in [3.05, 3.63) is 10.4 Å².